The molecule has 0 aliphatic carbocycles. The van der Waals surface area contributed by atoms with E-state index >= 15 is 0 Å². The highest BCUT2D eigenvalue weighted by molar-refractivity contribution is 6.30. The van der Waals surface area contributed by atoms with Crippen molar-refractivity contribution in [2.75, 3.05) is 7.11 Å². The summed E-state index contributed by atoms with van der Waals surface area (Å²) in [4.78, 5) is 10.4. The fourth-order valence-electron chi connectivity index (χ4n) is 1.43. The van der Waals surface area contributed by atoms with Gasteiger partial charge in [0.15, 0.2) is 0 Å². The molecule has 0 aliphatic rings. The van der Waals surface area contributed by atoms with Gasteiger partial charge in [0, 0.05) is 11.4 Å². The first kappa shape index (κ1) is 12.8. The molecule has 0 heterocycles. The number of benzene rings is 1. The first-order valence-corrected chi connectivity index (χ1v) is 5.13. The minimum Gasteiger partial charge on any atom is -0.496 e. The summed E-state index contributed by atoms with van der Waals surface area (Å²) >= 11 is 5.81. The molecule has 1 aromatic rings. The second-order valence-corrected chi connectivity index (χ2v) is 3.85. The number of halogens is 1. The SMILES string of the molecule is COc1ccc(Cl)cc1CC(O)CC(=O)O. The molecule has 1 aromatic carbocycles. The zero-order valence-electron chi connectivity index (χ0n) is 8.81. The molecule has 1 rings (SSSR count). The van der Waals surface area contributed by atoms with Gasteiger partial charge in [-0.25, -0.2) is 0 Å². The van der Waals surface area contributed by atoms with Crippen molar-refractivity contribution in [3.05, 3.63) is 28.8 Å². The number of aliphatic hydroxyl groups excluding tert-OH is 1. The molecule has 4 nitrogen and oxygen atoms in total. The van der Waals surface area contributed by atoms with Crippen LogP contribution in [0.1, 0.15) is 12.0 Å². The standard InChI is InChI=1S/C11H13ClO4/c1-16-10-3-2-8(12)4-7(10)5-9(13)6-11(14)15/h2-4,9,13H,5-6H2,1H3,(H,14,15). The summed E-state index contributed by atoms with van der Waals surface area (Å²) in [6, 6.07) is 5.02. The molecular formula is C11H13ClO4. The van der Waals surface area contributed by atoms with Crippen LogP contribution in [0.4, 0.5) is 0 Å². The first-order valence-electron chi connectivity index (χ1n) is 4.75. The Balaban J connectivity index is 2.78. The number of ether oxygens (including phenoxy) is 1. The maximum Gasteiger partial charge on any atom is 0.305 e. The van der Waals surface area contributed by atoms with Gasteiger partial charge in [0.25, 0.3) is 0 Å². The maximum absolute atomic E-state index is 10.4. The van der Waals surface area contributed by atoms with E-state index in [1.807, 2.05) is 0 Å². The van der Waals surface area contributed by atoms with Crippen molar-refractivity contribution in [3.8, 4) is 5.75 Å². The van der Waals surface area contributed by atoms with E-state index in [-0.39, 0.29) is 12.8 Å². The number of rotatable bonds is 5. The molecule has 1 atom stereocenters. The van der Waals surface area contributed by atoms with Gasteiger partial charge in [-0.1, -0.05) is 11.6 Å². The number of hydrogen-bond acceptors (Lipinski definition) is 3. The smallest absolute Gasteiger partial charge is 0.305 e. The minimum atomic E-state index is -1.03. The third kappa shape index (κ3) is 3.72. The van der Waals surface area contributed by atoms with E-state index in [1.165, 1.54) is 7.11 Å². The Morgan fingerprint density at radius 1 is 1.56 bits per heavy atom. The molecule has 0 aromatic heterocycles. The van der Waals surface area contributed by atoms with Crippen LogP contribution in [0.5, 0.6) is 5.75 Å². The Bertz CT molecular complexity index is 378. The van der Waals surface area contributed by atoms with Crippen molar-refractivity contribution in [1.82, 2.24) is 0 Å². The van der Waals surface area contributed by atoms with Crippen molar-refractivity contribution in [2.45, 2.75) is 18.9 Å². The molecule has 16 heavy (non-hydrogen) atoms. The Hall–Kier alpha value is -1.26. The molecule has 0 radical (unpaired) electrons. The molecule has 0 spiro atoms. The summed E-state index contributed by atoms with van der Waals surface area (Å²) < 4.78 is 5.09. The van der Waals surface area contributed by atoms with Crippen molar-refractivity contribution in [2.24, 2.45) is 0 Å². The highest BCUT2D eigenvalue weighted by Crippen LogP contribution is 2.24. The van der Waals surface area contributed by atoms with Gasteiger partial charge in [-0.3, -0.25) is 4.79 Å². The van der Waals surface area contributed by atoms with E-state index in [0.29, 0.717) is 16.3 Å². The lowest BCUT2D eigenvalue weighted by Gasteiger charge is -2.12. The van der Waals surface area contributed by atoms with Crippen LogP contribution >= 0.6 is 11.6 Å². The number of methoxy groups -OCH3 is 1. The summed E-state index contributed by atoms with van der Waals surface area (Å²) in [6.45, 7) is 0. The Morgan fingerprint density at radius 3 is 2.81 bits per heavy atom. The fourth-order valence-corrected chi connectivity index (χ4v) is 1.63. The summed E-state index contributed by atoms with van der Waals surface area (Å²) in [5, 5.41) is 18.6. The molecule has 0 fully saturated rings. The fraction of sp³-hybridized carbons (Fsp3) is 0.364. The van der Waals surface area contributed by atoms with E-state index < -0.39 is 12.1 Å². The largest absolute Gasteiger partial charge is 0.496 e. The molecule has 0 saturated carbocycles. The van der Waals surface area contributed by atoms with Gasteiger partial charge in [0.1, 0.15) is 5.75 Å². The maximum atomic E-state index is 10.4. The minimum absolute atomic E-state index is 0.204. The number of hydrogen-bond donors (Lipinski definition) is 2. The lowest BCUT2D eigenvalue weighted by molar-refractivity contribution is -0.139. The topological polar surface area (TPSA) is 66.8 Å². The van der Waals surface area contributed by atoms with Gasteiger partial charge >= 0.3 is 5.97 Å². The summed E-state index contributed by atoms with van der Waals surface area (Å²) in [5.41, 5.74) is 0.698. The Morgan fingerprint density at radius 2 is 2.25 bits per heavy atom. The van der Waals surface area contributed by atoms with E-state index in [1.54, 1.807) is 18.2 Å². The van der Waals surface area contributed by atoms with Crippen LogP contribution in [0, 0.1) is 0 Å². The van der Waals surface area contributed by atoms with Gasteiger partial charge in [0.2, 0.25) is 0 Å². The lowest BCUT2D eigenvalue weighted by Crippen LogP contribution is -2.16. The van der Waals surface area contributed by atoms with E-state index in [4.69, 9.17) is 21.4 Å². The second-order valence-electron chi connectivity index (χ2n) is 3.41. The van der Waals surface area contributed by atoms with Gasteiger partial charge in [-0.2, -0.15) is 0 Å². The molecule has 0 aliphatic heterocycles. The average Bonchev–Trinajstić information content (AvgIpc) is 2.16. The Kier molecular flexibility index (Phi) is 4.58. The molecule has 0 amide bonds. The van der Waals surface area contributed by atoms with Gasteiger partial charge < -0.3 is 14.9 Å². The number of carboxylic acids is 1. The van der Waals surface area contributed by atoms with E-state index in [0.717, 1.165) is 0 Å². The molecule has 88 valence electrons. The number of carbonyl (C=O) groups is 1. The van der Waals surface area contributed by atoms with Crippen molar-refractivity contribution in [3.63, 3.8) is 0 Å². The molecule has 1 unspecified atom stereocenters. The number of carboxylic acid groups (broad SMARTS) is 1. The highest BCUT2D eigenvalue weighted by Gasteiger charge is 2.13. The summed E-state index contributed by atoms with van der Waals surface area (Å²) in [5.74, 6) is -0.442. The summed E-state index contributed by atoms with van der Waals surface area (Å²) in [6.07, 6.45) is -1.03. The predicted molar refractivity (Wildman–Crippen MR) is 60.0 cm³/mol. The van der Waals surface area contributed by atoms with Crippen LogP contribution in [0.3, 0.4) is 0 Å². The van der Waals surface area contributed by atoms with Crippen LogP contribution in [-0.2, 0) is 11.2 Å². The molecule has 2 N–H and O–H groups in total. The molecule has 0 saturated heterocycles. The van der Waals surface area contributed by atoms with Crippen LogP contribution in [0.15, 0.2) is 18.2 Å². The highest BCUT2D eigenvalue weighted by atomic mass is 35.5. The molecule has 0 bridgehead atoms. The van der Waals surface area contributed by atoms with Crippen LogP contribution in [0.25, 0.3) is 0 Å². The van der Waals surface area contributed by atoms with E-state index in [9.17, 15) is 9.90 Å². The zero-order valence-corrected chi connectivity index (χ0v) is 9.57. The average molecular weight is 245 g/mol. The van der Waals surface area contributed by atoms with E-state index in [2.05, 4.69) is 0 Å². The monoisotopic (exact) mass is 244 g/mol. The second kappa shape index (κ2) is 5.72. The predicted octanol–water partition coefficient (Wildman–Crippen LogP) is 1.73. The number of aliphatic carboxylic acids is 1. The number of aliphatic hydroxyl groups is 1. The molecular weight excluding hydrogens is 232 g/mol. The van der Waals surface area contributed by atoms with Crippen molar-refractivity contribution in [1.29, 1.82) is 0 Å². The quantitative estimate of drug-likeness (QED) is 0.828. The van der Waals surface area contributed by atoms with Crippen LogP contribution < -0.4 is 4.74 Å². The normalized spacial score (nSPS) is 12.2. The van der Waals surface area contributed by atoms with Crippen LogP contribution in [-0.4, -0.2) is 29.4 Å². The lowest BCUT2D eigenvalue weighted by atomic mass is 10.0. The first-order chi connectivity index (χ1) is 7.52. The third-order valence-electron chi connectivity index (χ3n) is 2.11. The van der Waals surface area contributed by atoms with Crippen molar-refractivity contribution < 1.29 is 19.7 Å². The summed E-state index contributed by atoms with van der Waals surface area (Å²) in [7, 11) is 1.51. The van der Waals surface area contributed by atoms with Gasteiger partial charge in [-0.05, 0) is 23.8 Å². The Labute approximate surface area is 98.4 Å². The zero-order chi connectivity index (χ0) is 12.1. The van der Waals surface area contributed by atoms with Crippen molar-refractivity contribution >= 4 is 17.6 Å². The van der Waals surface area contributed by atoms with Crippen LogP contribution in [0.2, 0.25) is 5.02 Å². The molecule has 5 heteroatoms. The third-order valence-corrected chi connectivity index (χ3v) is 2.34. The van der Waals surface area contributed by atoms with Gasteiger partial charge in [-0.15, -0.1) is 0 Å². The van der Waals surface area contributed by atoms with Gasteiger partial charge in [0.05, 0.1) is 19.6 Å².